The van der Waals surface area contributed by atoms with Crippen molar-refractivity contribution in [3.63, 3.8) is 0 Å². The van der Waals surface area contributed by atoms with E-state index >= 15 is 0 Å². The minimum atomic E-state index is -10.7. The molecule has 0 unspecified atom stereocenters. The minimum absolute atomic E-state index is 0. The van der Waals surface area contributed by atoms with E-state index in [2.05, 4.69) is 20.3 Å². The van der Waals surface area contributed by atoms with Crippen LogP contribution >= 0.6 is 7.81 Å². The summed E-state index contributed by atoms with van der Waals surface area (Å²) in [6, 6.07) is 7.57. The second-order valence-electron chi connectivity index (χ2n) is 8.48. The number of oxime groups is 1. The molecule has 43 heavy (non-hydrogen) atoms. The van der Waals surface area contributed by atoms with Gasteiger partial charge in [-0.3, -0.25) is 14.8 Å². The first-order chi connectivity index (χ1) is 18.7. The Bertz CT molecular complexity index is 1210. The van der Waals surface area contributed by atoms with Crippen LogP contribution in [0, 0.1) is 19.1 Å². The molecule has 1 amide bonds. The zero-order chi connectivity index (χ0) is 31.9. The molecule has 0 aliphatic rings. The average molecular weight is 761 g/mol. The predicted molar refractivity (Wildman–Crippen MR) is 157 cm³/mol. The molecule has 0 saturated heterocycles. The third-order valence-electron chi connectivity index (χ3n) is 4.22. The van der Waals surface area contributed by atoms with Gasteiger partial charge in [0.15, 0.2) is 0 Å². The number of nitrogens with zero attached hydrogens (tertiary/aromatic N) is 5. The van der Waals surface area contributed by atoms with Crippen LogP contribution in [0.3, 0.4) is 0 Å². The van der Waals surface area contributed by atoms with Gasteiger partial charge in [-0.2, -0.15) is 9.79 Å². The molecular weight excluding hydrogens is 733 g/mol. The maximum absolute atomic E-state index is 10.7. The Morgan fingerprint density at radius 2 is 1.09 bits per heavy atom. The Balaban J connectivity index is -0.000000966. The SMILES string of the molecule is CN(C)C=O.Cc1cc(C=NCCCN=Cc2cc(C)cc(/C=N/O)c2[S-])c([S-])c(/C=N/[O-])c1.F[P-](F)(F)(F)(F)F.[Ni+2].[Ni+2]. The van der Waals surface area contributed by atoms with Crippen LogP contribution in [0.15, 0.2) is 54.4 Å². The zero-order valence-electron chi connectivity index (χ0n) is 23.0. The van der Waals surface area contributed by atoms with E-state index in [-0.39, 0.29) is 33.0 Å². The molecule has 8 nitrogen and oxygen atoms in total. The number of aryl methyl sites for hydroxylation is 2. The molecule has 0 fully saturated rings. The van der Waals surface area contributed by atoms with E-state index < -0.39 is 7.81 Å². The van der Waals surface area contributed by atoms with Crippen molar-refractivity contribution in [2.45, 2.75) is 30.1 Å². The normalized spacial score (nSPS) is 12.8. The second-order valence-corrected chi connectivity index (χ2v) is 11.2. The maximum atomic E-state index is 10.5. The van der Waals surface area contributed by atoms with E-state index in [1.54, 1.807) is 26.5 Å². The Morgan fingerprint density at radius 1 is 0.791 bits per heavy atom. The van der Waals surface area contributed by atoms with Gasteiger partial charge in [-0.15, -0.1) is 0 Å². The number of carbonyl (C=O) groups excluding carboxylic acids is 1. The fourth-order valence-electron chi connectivity index (χ4n) is 2.74. The van der Waals surface area contributed by atoms with E-state index in [1.807, 2.05) is 38.1 Å². The summed E-state index contributed by atoms with van der Waals surface area (Å²) in [5.74, 6) is 0. The van der Waals surface area contributed by atoms with E-state index in [1.165, 1.54) is 17.3 Å². The van der Waals surface area contributed by atoms with Crippen LogP contribution in [0.1, 0.15) is 39.8 Å². The van der Waals surface area contributed by atoms with Crippen LogP contribution in [0.25, 0.3) is 0 Å². The summed E-state index contributed by atoms with van der Waals surface area (Å²) in [5.41, 5.74) is 4.94. The third kappa shape index (κ3) is 24.7. The molecule has 0 radical (unpaired) electrons. The maximum Gasteiger partial charge on any atom is 2.00 e. The van der Waals surface area contributed by atoms with Crippen LogP contribution in [0.4, 0.5) is 25.2 Å². The summed E-state index contributed by atoms with van der Waals surface area (Å²) in [6.45, 7) is 5.08. The van der Waals surface area contributed by atoms with Crippen molar-refractivity contribution in [3.8, 4) is 0 Å². The Kier molecular flexibility index (Phi) is 20.0. The fraction of sp³-hybridized carbons (Fsp3) is 0.292. The number of carbonyl (C=O) groups is 1. The molecule has 0 spiro atoms. The van der Waals surface area contributed by atoms with Crippen LogP contribution in [-0.2, 0) is 63.0 Å². The van der Waals surface area contributed by atoms with Crippen molar-refractivity contribution in [1.29, 1.82) is 0 Å². The average Bonchev–Trinajstić information content (AvgIpc) is 2.82. The Hall–Kier alpha value is -2.37. The van der Waals surface area contributed by atoms with Crippen molar-refractivity contribution < 1.29 is 68.2 Å². The van der Waals surface area contributed by atoms with Crippen LogP contribution in [0.5, 0.6) is 0 Å². The summed E-state index contributed by atoms with van der Waals surface area (Å²) >= 11 is 10.7. The largest absolute Gasteiger partial charge is 2.00 e. The standard InChI is InChI=1S/C21H24N4O2S2.C3H7NO.F6P.2Ni/c1-14-6-16(20(28)18(8-14)12-24-26)10-22-4-3-5-23-11-17-7-15(2)9-19(13-25-27)21(17)29;1-4(2)3-5;1-7(2,3,4,5)6;;/h6-13,26-29H,3-5H2,1-2H3;3H,1-2H3;;;/q;;-1;2*+2/p-3/b22-10?,23-11?,24-12+,25-13+;;;;. The number of halogens is 6. The van der Waals surface area contributed by atoms with Gasteiger partial charge in [-0.1, -0.05) is 29.4 Å². The van der Waals surface area contributed by atoms with Crippen molar-refractivity contribution in [3.05, 3.63) is 62.9 Å². The van der Waals surface area contributed by atoms with Crippen molar-refractivity contribution in [2.24, 2.45) is 20.3 Å². The molecule has 0 aliphatic carbocycles. The topological polar surface area (TPSA) is 113 Å². The molecule has 2 aromatic carbocycles. The van der Waals surface area contributed by atoms with Gasteiger partial charge >= 0.3 is 66.0 Å². The number of aliphatic imine (C=N–C) groups is 2. The Labute approximate surface area is 276 Å². The van der Waals surface area contributed by atoms with Gasteiger partial charge in [0.1, 0.15) is 0 Å². The van der Waals surface area contributed by atoms with E-state index in [4.69, 9.17) is 30.5 Å². The number of hydrogen-bond acceptors (Lipinski definition) is 9. The summed E-state index contributed by atoms with van der Waals surface area (Å²) in [7, 11) is -7.28. The molecule has 0 bridgehead atoms. The second kappa shape index (κ2) is 19.1. The van der Waals surface area contributed by atoms with Gasteiger partial charge < -0.3 is 45.7 Å². The number of rotatable bonds is 9. The molecule has 0 heterocycles. The first kappa shape index (κ1) is 45.1. The number of hydrogen-bond donors (Lipinski definition) is 1. The molecule has 2 rings (SSSR count). The van der Waals surface area contributed by atoms with E-state index in [0.29, 0.717) is 34.0 Å². The molecule has 246 valence electrons. The molecule has 0 aromatic heterocycles. The van der Waals surface area contributed by atoms with Gasteiger partial charge in [-0.05, 0) is 53.6 Å². The van der Waals surface area contributed by atoms with Gasteiger partial charge in [0.05, 0.1) is 6.21 Å². The molecule has 2 aromatic rings. The van der Waals surface area contributed by atoms with Gasteiger partial charge in [0.2, 0.25) is 6.41 Å². The van der Waals surface area contributed by atoms with Crippen molar-refractivity contribution in [2.75, 3.05) is 27.2 Å². The number of benzene rings is 2. The van der Waals surface area contributed by atoms with Gasteiger partial charge in [0, 0.05) is 45.8 Å². The monoisotopic (exact) mass is 759 g/mol. The summed E-state index contributed by atoms with van der Waals surface area (Å²) in [4.78, 5) is 20.9. The van der Waals surface area contributed by atoms with Crippen molar-refractivity contribution in [1.82, 2.24) is 4.90 Å². The quantitative estimate of drug-likeness (QED) is 0.0346. The van der Waals surface area contributed by atoms with Crippen LogP contribution < -0.4 is 0 Å². The third-order valence-corrected chi connectivity index (χ3v) is 5.16. The minimum Gasteiger partial charge on any atom is 2.00 e. The number of amides is 1. The molecule has 0 atom stereocenters. The van der Waals surface area contributed by atoms with E-state index in [9.17, 15) is 35.2 Å². The molecular formula is C24H28F6N5Ni2O3PS2. The Morgan fingerprint density at radius 3 is 1.37 bits per heavy atom. The molecule has 1 N–H and O–H groups in total. The molecule has 0 saturated carbocycles. The zero-order valence-corrected chi connectivity index (χ0v) is 27.5. The summed E-state index contributed by atoms with van der Waals surface area (Å²) < 4.78 is 59.2. The smallest absolute Gasteiger partial charge is 2.00 e. The van der Waals surface area contributed by atoms with Crippen LogP contribution in [0.2, 0.25) is 0 Å². The first-order valence-electron chi connectivity index (χ1n) is 11.3. The van der Waals surface area contributed by atoms with E-state index in [0.717, 1.165) is 35.1 Å². The van der Waals surface area contributed by atoms with Crippen molar-refractivity contribution >= 4 is 64.3 Å². The molecule has 19 heteroatoms. The first-order valence-corrected chi connectivity index (χ1v) is 14.2. The fourth-order valence-corrected chi connectivity index (χ4v) is 3.19. The summed E-state index contributed by atoms with van der Waals surface area (Å²) in [6.07, 6.45) is 7.53. The molecule has 0 aliphatic heterocycles. The van der Waals surface area contributed by atoms with Gasteiger partial charge in [0.25, 0.3) is 0 Å². The predicted octanol–water partition coefficient (Wildman–Crippen LogP) is 6.85. The summed E-state index contributed by atoms with van der Waals surface area (Å²) in [5, 5.41) is 25.1. The van der Waals surface area contributed by atoms with Gasteiger partial charge in [-0.25, -0.2) is 0 Å². The van der Waals surface area contributed by atoms with Crippen LogP contribution in [-0.4, -0.2) is 68.6 Å².